The minimum absolute atomic E-state index is 0.0559. The third-order valence-electron chi connectivity index (χ3n) is 3.74. The summed E-state index contributed by atoms with van der Waals surface area (Å²) in [5.74, 6) is 1.30. The number of benzene rings is 1. The van der Waals surface area contributed by atoms with Gasteiger partial charge >= 0.3 is 0 Å². The Bertz CT molecular complexity index is 530. The molecule has 0 aromatic heterocycles. The van der Waals surface area contributed by atoms with Crippen LogP contribution in [0.15, 0.2) is 12.1 Å². The van der Waals surface area contributed by atoms with E-state index < -0.39 is 0 Å². The summed E-state index contributed by atoms with van der Waals surface area (Å²) in [5, 5.41) is 6.77. The Hall–Kier alpha value is -1.46. The normalized spacial score (nSPS) is 20.3. The van der Waals surface area contributed by atoms with Gasteiger partial charge in [-0.3, -0.25) is 4.79 Å². The maximum Gasteiger partial charge on any atom is 0.221 e. The van der Waals surface area contributed by atoms with Crippen molar-refractivity contribution < 1.29 is 14.3 Å². The lowest BCUT2D eigenvalue weighted by molar-refractivity contribution is -0.121. The summed E-state index contributed by atoms with van der Waals surface area (Å²) in [6.45, 7) is 2.49. The summed E-state index contributed by atoms with van der Waals surface area (Å²) in [6, 6.07) is 3.99. The van der Waals surface area contributed by atoms with Crippen LogP contribution in [0.2, 0.25) is 5.02 Å². The second-order valence-corrected chi connectivity index (χ2v) is 5.78. The van der Waals surface area contributed by atoms with Gasteiger partial charge in [0.25, 0.3) is 0 Å². The molecule has 2 aliphatic rings. The van der Waals surface area contributed by atoms with Crippen molar-refractivity contribution in [3.63, 3.8) is 0 Å². The SMILES string of the molecule is O=C(CC1CCCN1)NCc1cc(Cl)c2c(c1)OCCO2. The summed E-state index contributed by atoms with van der Waals surface area (Å²) in [5.41, 5.74) is 0.914. The fraction of sp³-hybridized carbons (Fsp3) is 0.533. The van der Waals surface area contributed by atoms with E-state index in [2.05, 4.69) is 10.6 Å². The lowest BCUT2D eigenvalue weighted by Crippen LogP contribution is -2.31. The first-order chi connectivity index (χ1) is 10.2. The number of amides is 1. The highest BCUT2D eigenvalue weighted by Gasteiger charge is 2.19. The Morgan fingerprint density at radius 3 is 3.05 bits per heavy atom. The number of rotatable bonds is 4. The quantitative estimate of drug-likeness (QED) is 0.891. The van der Waals surface area contributed by atoms with Crippen LogP contribution in [0.1, 0.15) is 24.8 Å². The smallest absolute Gasteiger partial charge is 0.221 e. The van der Waals surface area contributed by atoms with E-state index in [9.17, 15) is 4.79 Å². The van der Waals surface area contributed by atoms with Crippen molar-refractivity contribution in [1.82, 2.24) is 10.6 Å². The van der Waals surface area contributed by atoms with Crippen LogP contribution in [-0.2, 0) is 11.3 Å². The van der Waals surface area contributed by atoms with Gasteiger partial charge in [0.1, 0.15) is 13.2 Å². The van der Waals surface area contributed by atoms with Gasteiger partial charge in [0.2, 0.25) is 5.91 Å². The highest BCUT2D eigenvalue weighted by atomic mass is 35.5. The molecular formula is C15H19ClN2O3. The van der Waals surface area contributed by atoms with Crippen LogP contribution in [0.4, 0.5) is 0 Å². The van der Waals surface area contributed by atoms with E-state index in [1.807, 2.05) is 12.1 Å². The number of carbonyl (C=O) groups excluding carboxylic acids is 1. The van der Waals surface area contributed by atoms with E-state index in [1.165, 1.54) is 0 Å². The summed E-state index contributed by atoms with van der Waals surface area (Å²) in [6.07, 6.45) is 2.75. The minimum Gasteiger partial charge on any atom is -0.486 e. The highest BCUT2D eigenvalue weighted by Crippen LogP contribution is 2.38. The van der Waals surface area contributed by atoms with Gasteiger partial charge in [0.05, 0.1) is 5.02 Å². The van der Waals surface area contributed by atoms with Crippen LogP contribution < -0.4 is 20.1 Å². The summed E-state index contributed by atoms with van der Waals surface area (Å²) >= 11 is 6.17. The first kappa shape index (κ1) is 14.5. The first-order valence-corrected chi connectivity index (χ1v) is 7.68. The standard InChI is InChI=1S/C15H19ClN2O3/c16-12-6-10(7-13-15(12)21-5-4-20-13)9-18-14(19)8-11-2-1-3-17-11/h6-7,11,17H,1-5,8-9H2,(H,18,19). The van der Waals surface area contributed by atoms with Crippen molar-refractivity contribution in [2.45, 2.75) is 31.8 Å². The molecule has 0 bridgehead atoms. The average Bonchev–Trinajstić information content (AvgIpc) is 2.98. The monoisotopic (exact) mass is 310 g/mol. The molecule has 1 unspecified atom stereocenters. The zero-order chi connectivity index (χ0) is 14.7. The largest absolute Gasteiger partial charge is 0.486 e. The maximum absolute atomic E-state index is 11.9. The minimum atomic E-state index is 0.0559. The maximum atomic E-state index is 11.9. The zero-order valence-corrected chi connectivity index (χ0v) is 12.5. The van der Waals surface area contributed by atoms with Gasteiger partial charge in [-0.05, 0) is 37.1 Å². The number of hydrogen-bond donors (Lipinski definition) is 2. The topological polar surface area (TPSA) is 59.6 Å². The number of ether oxygens (including phenoxy) is 2. The molecular weight excluding hydrogens is 292 g/mol. The molecule has 6 heteroatoms. The highest BCUT2D eigenvalue weighted by molar-refractivity contribution is 6.32. The van der Waals surface area contributed by atoms with Gasteiger partial charge in [-0.15, -0.1) is 0 Å². The summed E-state index contributed by atoms with van der Waals surface area (Å²) < 4.78 is 11.0. The van der Waals surface area contributed by atoms with Crippen molar-refractivity contribution in [1.29, 1.82) is 0 Å². The Morgan fingerprint density at radius 1 is 1.38 bits per heavy atom. The molecule has 2 heterocycles. The molecule has 0 radical (unpaired) electrons. The average molecular weight is 311 g/mol. The molecule has 0 saturated carbocycles. The van der Waals surface area contributed by atoms with Crippen LogP contribution >= 0.6 is 11.6 Å². The van der Waals surface area contributed by atoms with Crippen LogP contribution in [0.5, 0.6) is 11.5 Å². The van der Waals surface area contributed by atoms with Crippen molar-refractivity contribution >= 4 is 17.5 Å². The lowest BCUT2D eigenvalue weighted by atomic mass is 10.1. The molecule has 1 saturated heterocycles. The van der Waals surface area contributed by atoms with Crippen molar-refractivity contribution in [2.75, 3.05) is 19.8 Å². The van der Waals surface area contributed by atoms with Crippen molar-refractivity contribution in [3.05, 3.63) is 22.7 Å². The lowest BCUT2D eigenvalue weighted by Gasteiger charge is -2.20. The molecule has 5 nitrogen and oxygen atoms in total. The summed E-state index contributed by atoms with van der Waals surface area (Å²) in [4.78, 5) is 11.9. The van der Waals surface area contributed by atoms with Gasteiger partial charge in [-0.25, -0.2) is 0 Å². The molecule has 1 fully saturated rings. The fourth-order valence-corrected chi connectivity index (χ4v) is 2.98. The third kappa shape index (κ3) is 3.60. The molecule has 1 atom stereocenters. The van der Waals surface area contributed by atoms with Crippen molar-refractivity contribution in [2.24, 2.45) is 0 Å². The number of nitrogens with one attached hydrogen (secondary N) is 2. The summed E-state index contributed by atoms with van der Waals surface area (Å²) in [7, 11) is 0. The Balaban J connectivity index is 1.57. The zero-order valence-electron chi connectivity index (χ0n) is 11.8. The second-order valence-electron chi connectivity index (χ2n) is 5.38. The van der Waals surface area contributed by atoms with Gasteiger partial charge in [0, 0.05) is 19.0 Å². The predicted molar refractivity (Wildman–Crippen MR) is 79.9 cm³/mol. The number of fused-ring (bicyclic) bond motifs is 1. The van der Waals surface area contributed by atoms with Crippen molar-refractivity contribution in [3.8, 4) is 11.5 Å². The van der Waals surface area contributed by atoms with Crippen LogP contribution in [-0.4, -0.2) is 31.7 Å². The van der Waals surface area contributed by atoms with E-state index in [0.717, 1.165) is 24.9 Å². The molecule has 0 aliphatic carbocycles. The van der Waals surface area contributed by atoms with E-state index in [0.29, 0.717) is 48.7 Å². The van der Waals surface area contributed by atoms with E-state index in [1.54, 1.807) is 0 Å². The van der Waals surface area contributed by atoms with Crippen LogP contribution in [0, 0.1) is 0 Å². The molecule has 2 aliphatic heterocycles. The van der Waals surface area contributed by atoms with E-state index >= 15 is 0 Å². The first-order valence-electron chi connectivity index (χ1n) is 7.30. The molecule has 1 aromatic rings. The van der Waals surface area contributed by atoms with Gasteiger partial charge in [-0.1, -0.05) is 11.6 Å². The molecule has 1 amide bonds. The Kier molecular flexibility index (Phi) is 4.51. The number of halogens is 1. The van der Waals surface area contributed by atoms with E-state index in [4.69, 9.17) is 21.1 Å². The number of carbonyl (C=O) groups is 1. The fourth-order valence-electron chi connectivity index (χ4n) is 2.69. The Morgan fingerprint density at radius 2 is 2.24 bits per heavy atom. The molecule has 1 aromatic carbocycles. The molecule has 114 valence electrons. The van der Waals surface area contributed by atoms with Crippen LogP contribution in [0.3, 0.4) is 0 Å². The molecule has 2 N–H and O–H groups in total. The van der Waals surface area contributed by atoms with Gasteiger partial charge in [-0.2, -0.15) is 0 Å². The van der Waals surface area contributed by atoms with Crippen LogP contribution in [0.25, 0.3) is 0 Å². The Labute approximate surface area is 128 Å². The molecule has 0 spiro atoms. The van der Waals surface area contributed by atoms with Gasteiger partial charge < -0.3 is 20.1 Å². The molecule has 3 rings (SSSR count). The van der Waals surface area contributed by atoms with Gasteiger partial charge in [0.15, 0.2) is 11.5 Å². The van der Waals surface area contributed by atoms with E-state index in [-0.39, 0.29) is 5.91 Å². The predicted octanol–water partition coefficient (Wildman–Crippen LogP) is 1.87. The number of hydrogen-bond acceptors (Lipinski definition) is 4. The third-order valence-corrected chi connectivity index (χ3v) is 4.02. The second kappa shape index (κ2) is 6.54. The molecule has 21 heavy (non-hydrogen) atoms.